The van der Waals surface area contributed by atoms with Gasteiger partial charge in [0.2, 0.25) is 5.91 Å². The Kier molecular flexibility index (Phi) is 7.05. The van der Waals surface area contributed by atoms with Crippen LogP contribution in [0.3, 0.4) is 0 Å². The molecule has 0 atom stereocenters. The summed E-state index contributed by atoms with van der Waals surface area (Å²) in [6.07, 6.45) is 0. The van der Waals surface area contributed by atoms with Crippen molar-refractivity contribution < 1.29 is 4.79 Å². The third kappa shape index (κ3) is 6.77. The van der Waals surface area contributed by atoms with Crippen LogP contribution in [-0.2, 0) is 4.79 Å². The summed E-state index contributed by atoms with van der Waals surface area (Å²) in [5.41, 5.74) is 0.484. The second-order valence-corrected chi connectivity index (χ2v) is 8.87. The maximum Gasteiger partial charge on any atom is 0.236 e. The zero-order valence-corrected chi connectivity index (χ0v) is 16.6. The number of likely N-dealkylation sites (N-methyl/N-ethyl adjacent to an activating group) is 2. The summed E-state index contributed by atoms with van der Waals surface area (Å²) in [7, 11) is 4.06. The van der Waals surface area contributed by atoms with Gasteiger partial charge in [-0.25, -0.2) is 0 Å². The van der Waals surface area contributed by atoms with Crippen LogP contribution in [0.4, 0.5) is 0 Å². The molecule has 0 bridgehead atoms. The highest BCUT2D eigenvalue weighted by atomic mass is 16.2. The summed E-state index contributed by atoms with van der Waals surface area (Å²) < 4.78 is 0. The molecule has 5 nitrogen and oxygen atoms in total. The third-order valence-corrected chi connectivity index (χ3v) is 4.86. The lowest BCUT2D eigenvalue weighted by Gasteiger charge is -2.41. The molecule has 2 aliphatic heterocycles. The molecule has 0 aromatic rings. The van der Waals surface area contributed by atoms with Crippen molar-refractivity contribution in [1.82, 2.24) is 19.6 Å². The molecular formula is C18H38N4O. The summed E-state index contributed by atoms with van der Waals surface area (Å²) in [5, 5.41) is 0. The van der Waals surface area contributed by atoms with E-state index in [-0.39, 0.29) is 11.4 Å². The highest BCUT2D eigenvalue weighted by Gasteiger charge is 2.28. The molecule has 0 aliphatic carbocycles. The Morgan fingerprint density at radius 2 is 1.13 bits per heavy atom. The van der Waals surface area contributed by atoms with Crippen molar-refractivity contribution in [2.24, 2.45) is 0 Å². The molecule has 2 rings (SSSR count). The topological polar surface area (TPSA) is 30.0 Å². The van der Waals surface area contributed by atoms with Crippen LogP contribution in [0.15, 0.2) is 0 Å². The molecule has 0 spiro atoms. The Balaban J connectivity index is 0.000000231. The molecule has 1 amide bonds. The van der Waals surface area contributed by atoms with Crippen LogP contribution < -0.4 is 0 Å². The minimum atomic E-state index is 0.122. The normalized spacial score (nSPS) is 22.8. The van der Waals surface area contributed by atoms with Crippen molar-refractivity contribution in [3.05, 3.63) is 0 Å². The Morgan fingerprint density at radius 3 is 1.52 bits per heavy atom. The van der Waals surface area contributed by atoms with Crippen LogP contribution in [0.5, 0.6) is 0 Å². The van der Waals surface area contributed by atoms with Gasteiger partial charge in [-0.15, -0.1) is 0 Å². The van der Waals surface area contributed by atoms with E-state index < -0.39 is 0 Å². The fourth-order valence-corrected chi connectivity index (χ4v) is 2.81. The summed E-state index contributed by atoms with van der Waals surface area (Å²) >= 11 is 0. The average Bonchev–Trinajstić information content (AvgIpc) is 2.41. The molecule has 0 unspecified atom stereocenters. The number of amides is 1. The first-order chi connectivity index (χ1) is 10.4. The predicted octanol–water partition coefficient (Wildman–Crippen LogP) is 1.59. The lowest BCUT2D eigenvalue weighted by Crippen LogP contribution is -2.55. The van der Waals surface area contributed by atoms with Gasteiger partial charge in [0.15, 0.2) is 0 Å². The number of carbonyl (C=O) groups is 1. The van der Waals surface area contributed by atoms with Crippen molar-refractivity contribution in [3.63, 3.8) is 0 Å². The fraction of sp³-hybridized carbons (Fsp3) is 0.944. The minimum Gasteiger partial charge on any atom is -0.343 e. The lowest BCUT2D eigenvalue weighted by molar-refractivity contribution is -0.136. The van der Waals surface area contributed by atoms with Crippen LogP contribution in [-0.4, -0.2) is 96.5 Å². The van der Waals surface area contributed by atoms with E-state index in [1.165, 1.54) is 26.2 Å². The lowest BCUT2D eigenvalue weighted by atomic mass is 10.1. The number of hydrogen-bond acceptors (Lipinski definition) is 4. The number of rotatable bonds is 0. The van der Waals surface area contributed by atoms with E-state index in [9.17, 15) is 4.79 Å². The quantitative estimate of drug-likeness (QED) is 0.676. The second kappa shape index (κ2) is 7.95. The van der Waals surface area contributed by atoms with E-state index in [1.807, 2.05) is 7.05 Å². The van der Waals surface area contributed by atoms with Gasteiger partial charge in [0.1, 0.15) is 0 Å². The number of carbonyl (C=O) groups excluding carboxylic acids is 1. The van der Waals surface area contributed by atoms with Crippen molar-refractivity contribution in [2.45, 2.75) is 52.6 Å². The van der Waals surface area contributed by atoms with Crippen LogP contribution in [0, 0.1) is 0 Å². The molecule has 0 aromatic heterocycles. The zero-order chi connectivity index (χ0) is 17.8. The summed E-state index contributed by atoms with van der Waals surface area (Å²) in [5.74, 6) is 0.233. The predicted molar refractivity (Wildman–Crippen MR) is 97.8 cm³/mol. The van der Waals surface area contributed by atoms with Crippen molar-refractivity contribution in [3.8, 4) is 0 Å². The van der Waals surface area contributed by atoms with Gasteiger partial charge < -0.3 is 9.80 Å². The SMILES string of the molecule is CN1CCN(C(C)(C)C)CC1.CN1CCN(C(C)(C)C)CC1=O. The fourth-order valence-electron chi connectivity index (χ4n) is 2.81. The standard InChI is InChI=1S/C9H18N2O.C9H20N2/c1-9(2,3)11-6-5-10(4)8(12)7-11;1-9(2,3)11-7-5-10(4)6-8-11/h5-7H2,1-4H3;5-8H2,1-4H3. The van der Waals surface area contributed by atoms with Gasteiger partial charge in [0.05, 0.1) is 6.54 Å². The molecule has 0 saturated carbocycles. The second-order valence-electron chi connectivity index (χ2n) is 8.87. The summed E-state index contributed by atoms with van der Waals surface area (Å²) in [6.45, 7) is 20.6. The van der Waals surface area contributed by atoms with E-state index in [0.717, 1.165) is 13.1 Å². The molecule has 0 radical (unpaired) electrons. The summed E-state index contributed by atoms with van der Waals surface area (Å²) in [4.78, 5) is 20.3. The van der Waals surface area contributed by atoms with Gasteiger partial charge in [0.25, 0.3) is 0 Å². The Morgan fingerprint density at radius 1 is 0.696 bits per heavy atom. The molecule has 2 saturated heterocycles. The highest BCUT2D eigenvalue weighted by Crippen LogP contribution is 2.15. The molecule has 5 heteroatoms. The molecule has 0 N–H and O–H groups in total. The average molecular weight is 327 g/mol. The molecule has 0 aromatic carbocycles. The first kappa shape index (κ1) is 20.4. The first-order valence-electron chi connectivity index (χ1n) is 8.84. The monoisotopic (exact) mass is 326 g/mol. The van der Waals surface area contributed by atoms with Gasteiger partial charge in [-0.2, -0.15) is 0 Å². The summed E-state index contributed by atoms with van der Waals surface area (Å²) in [6, 6.07) is 0. The van der Waals surface area contributed by atoms with Crippen LogP contribution >= 0.6 is 0 Å². The van der Waals surface area contributed by atoms with E-state index >= 15 is 0 Å². The maximum absolute atomic E-state index is 11.3. The maximum atomic E-state index is 11.3. The largest absolute Gasteiger partial charge is 0.343 e. The van der Waals surface area contributed by atoms with Gasteiger partial charge >= 0.3 is 0 Å². The van der Waals surface area contributed by atoms with E-state index in [0.29, 0.717) is 12.1 Å². The molecular weight excluding hydrogens is 288 g/mol. The van der Waals surface area contributed by atoms with E-state index in [1.54, 1.807) is 4.90 Å². The molecule has 2 heterocycles. The molecule has 2 fully saturated rings. The van der Waals surface area contributed by atoms with Crippen LogP contribution in [0.1, 0.15) is 41.5 Å². The first-order valence-corrected chi connectivity index (χ1v) is 8.84. The van der Waals surface area contributed by atoms with Crippen LogP contribution in [0.2, 0.25) is 0 Å². The Labute approximate surface area is 143 Å². The number of hydrogen-bond donors (Lipinski definition) is 0. The van der Waals surface area contributed by atoms with Gasteiger partial charge in [-0.05, 0) is 48.6 Å². The van der Waals surface area contributed by atoms with Crippen molar-refractivity contribution in [2.75, 3.05) is 59.9 Å². The van der Waals surface area contributed by atoms with Crippen molar-refractivity contribution in [1.29, 1.82) is 0 Å². The third-order valence-electron chi connectivity index (χ3n) is 4.86. The molecule has 23 heavy (non-hydrogen) atoms. The van der Waals surface area contributed by atoms with E-state index in [4.69, 9.17) is 0 Å². The zero-order valence-electron chi connectivity index (χ0n) is 16.6. The molecule has 2 aliphatic rings. The van der Waals surface area contributed by atoms with Gasteiger partial charge in [-0.3, -0.25) is 14.6 Å². The smallest absolute Gasteiger partial charge is 0.236 e. The number of nitrogens with zero attached hydrogens (tertiary/aromatic N) is 4. The number of piperazine rings is 2. The van der Waals surface area contributed by atoms with Crippen LogP contribution in [0.25, 0.3) is 0 Å². The van der Waals surface area contributed by atoms with Gasteiger partial charge in [0, 0.05) is 57.4 Å². The minimum absolute atomic E-state index is 0.122. The Hall–Kier alpha value is -0.650. The van der Waals surface area contributed by atoms with Gasteiger partial charge in [-0.1, -0.05) is 0 Å². The molecule has 136 valence electrons. The van der Waals surface area contributed by atoms with E-state index in [2.05, 4.69) is 63.3 Å². The Bertz CT molecular complexity index is 375. The van der Waals surface area contributed by atoms with Crippen molar-refractivity contribution >= 4 is 5.91 Å². The highest BCUT2D eigenvalue weighted by molar-refractivity contribution is 5.78.